The van der Waals surface area contributed by atoms with Gasteiger partial charge < -0.3 is 39.7 Å². The van der Waals surface area contributed by atoms with E-state index in [4.69, 9.17) is 14.2 Å². The summed E-state index contributed by atoms with van der Waals surface area (Å²) < 4.78 is 15.9. The van der Waals surface area contributed by atoms with Crippen LogP contribution in [-0.4, -0.2) is 68.8 Å². The molecule has 1 saturated heterocycles. The monoisotopic (exact) mass is 406 g/mol. The quantitative estimate of drug-likeness (QED) is 0.416. The molecule has 0 spiro atoms. The van der Waals surface area contributed by atoms with Gasteiger partial charge in [0, 0.05) is 0 Å². The Kier molecular flexibility index (Phi) is 6.68. The zero-order chi connectivity index (χ0) is 21.0. The van der Waals surface area contributed by atoms with E-state index in [9.17, 15) is 30.3 Å². The van der Waals surface area contributed by atoms with Crippen molar-refractivity contribution >= 4 is 5.97 Å². The highest BCUT2D eigenvalue weighted by Crippen LogP contribution is 2.31. The third-order valence-electron chi connectivity index (χ3n) is 4.50. The number of phenolic OH excluding ortho intramolecular Hbond substituents is 1. The number of aliphatic hydroxyl groups excluding tert-OH is 4. The molecule has 1 aliphatic heterocycles. The largest absolute Gasteiger partial charge is 0.504 e. The van der Waals surface area contributed by atoms with Gasteiger partial charge in [-0.3, -0.25) is 0 Å². The number of carbonyl (C=O) groups excluding carboxylic acids is 1. The predicted octanol–water partition coefficient (Wildman–Crippen LogP) is -0.0721. The average molecular weight is 406 g/mol. The molecule has 0 bridgehead atoms. The van der Waals surface area contributed by atoms with E-state index in [1.54, 1.807) is 30.3 Å². The molecule has 0 saturated carbocycles. The SMILES string of the molecule is O=C(OCc1ccc(O)c(O[C@@H]2O[C@H](CO)[C@@H](O)[C@H](O)[C@H]2O)c1)c1ccccc1. The lowest BCUT2D eigenvalue weighted by Gasteiger charge is -2.39. The second kappa shape index (κ2) is 9.21. The van der Waals surface area contributed by atoms with Crippen LogP contribution in [0.2, 0.25) is 0 Å². The summed E-state index contributed by atoms with van der Waals surface area (Å²) in [5, 5.41) is 48.9. The molecule has 9 heteroatoms. The van der Waals surface area contributed by atoms with Crippen LogP contribution in [0, 0.1) is 0 Å². The standard InChI is InChI=1S/C20H22O9/c21-9-15-16(23)17(24)18(25)20(29-15)28-14-8-11(6-7-13(14)22)10-27-19(26)12-4-2-1-3-5-12/h1-8,15-18,20-25H,9-10H2/t15-,16-,17+,18-,20-/m1/s1. The van der Waals surface area contributed by atoms with Gasteiger partial charge in [0.1, 0.15) is 31.0 Å². The number of rotatable bonds is 6. The lowest BCUT2D eigenvalue weighted by atomic mass is 9.99. The molecule has 2 aromatic rings. The van der Waals surface area contributed by atoms with Crippen LogP contribution in [0.1, 0.15) is 15.9 Å². The van der Waals surface area contributed by atoms with E-state index < -0.39 is 43.3 Å². The molecule has 0 radical (unpaired) electrons. The lowest BCUT2D eigenvalue weighted by Crippen LogP contribution is -2.60. The molecule has 1 fully saturated rings. The molecule has 0 unspecified atom stereocenters. The van der Waals surface area contributed by atoms with E-state index in [1.807, 2.05) is 0 Å². The van der Waals surface area contributed by atoms with E-state index in [1.165, 1.54) is 18.2 Å². The highest BCUT2D eigenvalue weighted by Gasteiger charge is 2.44. The zero-order valence-electron chi connectivity index (χ0n) is 15.3. The number of hydrogen-bond acceptors (Lipinski definition) is 9. The van der Waals surface area contributed by atoms with E-state index in [0.29, 0.717) is 11.1 Å². The Labute approximate surface area is 166 Å². The molecule has 2 aromatic carbocycles. The number of benzene rings is 2. The third kappa shape index (κ3) is 4.84. The summed E-state index contributed by atoms with van der Waals surface area (Å²) in [7, 11) is 0. The normalized spacial score (nSPS) is 26.7. The van der Waals surface area contributed by atoms with Crippen LogP contribution < -0.4 is 4.74 Å². The first-order valence-corrected chi connectivity index (χ1v) is 8.92. The van der Waals surface area contributed by atoms with Crippen molar-refractivity contribution in [2.75, 3.05) is 6.61 Å². The molecule has 1 aliphatic rings. The molecule has 5 N–H and O–H groups in total. The smallest absolute Gasteiger partial charge is 0.338 e. The summed E-state index contributed by atoms with van der Waals surface area (Å²) >= 11 is 0. The highest BCUT2D eigenvalue weighted by molar-refractivity contribution is 5.89. The minimum atomic E-state index is -1.62. The number of carbonyl (C=O) groups is 1. The van der Waals surface area contributed by atoms with Crippen LogP contribution in [0.25, 0.3) is 0 Å². The molecular formula is C20H22O9. The van der Waals surface area contributed by atoms with Crippen molar-refractivity contribution in [3.05, 3.63) is 59.7 Å². The lowest BCUT2D eigenvalue weighted by molar-refractivity contribution is -0.277. The van der Waals surface area contributed by atoms with Gasteiger partial charge >= 0.3 is 5.97 Å². The summed E-state index contributed by atoms with van der Waals surface area (Å²) in [6, 6.07) is 12.7. The van der Waals surface area contributed by atoms with E-state index in [0.717, 1.165) is 0 Å². The number of aromatic hydroxyl groups is 1. The second-order valence-electron chi connectivity index (χ2n) is 6.56. The van der Waals surface area contributed by atoms with Gasteiger partial charge in [-0.2, -0.15) is 0 Å². The first-order valence-electron chi connectivity index (χ1n) is 8.92. The average Bonchev–Trinajstić information content (AvgIpc) is 2.74. The molecular weight excluding hydrogens is 384 g/mol. The van der Waals surface area contributed by atoms with Crippen molar-refractivity contribution in [1.82, 2.24) is 0 Å². The van der Waals surface area contributed by atoms with Gasteiger partial charge in [0.05, 0.1) is 12.2 Å². The van der Waals surface area contributed by atoms with Crippen LogP contribution in [0.5, 0.6) is 11.5 Å². The maximum atomic E-state index is 12.0. The highest BCUT2D eigenvalue weighted by atomic mass is 16.7. The van der Waals surface area contributed by atoms with Gasteiger partial charge in [-0.25, -0.2) is 4.79 Å². The van der Waals surface area contributed by atoms with Crippen molar-refractivity contribution in [2.24, 2.45) is 0 Å². The minimum Gasteiger partial charge on any atom is -0.504 e. The van der Waals surface area contributed by atoms with Crippen LogP contribution in [0.3, 0.4) is 0 Å². The van der Waals surface area contributed by atoms with Crippen molar-refractivity contribution < 1.29 is 44.5 Å². The Morgan fingerprint density at radius 2 is 1.72 bits per heavy atom. The third-order valence-corrected chi connectivity index (χ3v) is 4.50. The van der Waals surface area contributed by atoms with Crippen molar-refractivity contribution in [2.45, 2.75) is 37.3 Å². The van der Waals surface area contributed by atoms with Gasteiger partial charge in [-0.1, -0.05) is 24.3 Å². The summed E-state index contributed by atoms with van der Waals surface area (Å²) in [5.41, 5.74) is 0.885. The minimum absolute atomic E-state index is 0.0948. The molecule has 29 heavy (non-hydrogen) atoms. The van der Waals surface area contributed by atoms with Crippen molar-refractivity contribution in [3.63, 3.8) is 0 Å². The summed E-state index contributed by atoms with van der Waals surface area (Å²) in [6.07, 6.45) is -7.34. The predicted molar refractivity (Wildman–Crippen MR) is 98.1 cm³/mol. The summed E-state index contributed by atoms with van der Waals surface area (Å²) in [5.74, 6) is -0.891. The van der Waals surface area contributed by atoms with E-state index >= 15 is 0 Å². The maximum Gasteiger partial charge on any atom is 0.338 e. The van der Waals surface area contributed by atoms with E-state index in [-0.39, 0.29) is 18.1 Å². The number of ether oxygens (including phenoxy) is 3. The fourth-order valence-corrected chi connectivity index (χ4v) is 2.84. The van der Waals surface area contributed by atoms with Gasteiger partial charge in [-0.15, -0.1) is 0 Å². The molecule has 0 amide bonds. The first kappa shape index (κ1) is 21.0. The van der Waals surface area contributed by atoms with Crippen LogP contribution in [-0.2, 0) is 16.1 Å². The zero-order valence-corrected chi connectivity index (χ0v) is 15.3. The van der Waals surface area contributed by atoms with Gasteiger partial charge in [0.15, 0.2) is 11.5 Å². The molecule has 156 valence electrons. The Bertz CT molecular complexity index is 824. The molecule has 9 nitrogen and oxygen atoms in total. The topological polar surface area (TPSA) is 146 Å². The van der Waals surface area contributed by atoms with Crippen molar-refractivity contribution in [1.29, 1.82) is 0 Å². The molecule has 0 aliphatic carbocycles. The Morgan fingerprint density at radius 1 is 1.00 bits per heavy atom. The number of aliphatic hydroxyl groups is 4. The second-order valence-corrected chi connectivity index (χ2v) is 6.56. The van der Waals surface area contributed by atoms with Crippen LogP contribution in [0.4, 0.5) is 0 Å². The first-order chi connectivity index (χ1) is 13.9. The summed E-state index contributed by atoms with van der Waals surface area (Å²) in [4.78, 5) is 12.0. The van der Waals surface area contributed by atoms with Gasteiger partial charge in [-0.05, 0) is 29.8 Å². The molecule has 1 heterocycles. The molecule has 3 rings (SSSR count). The molecule has 5 atom stereocenters. The van der Waals surface area contributed by atoms with Gasteiger partial charge in [0.25, 0.3) is 0 Å². The number of esters is 1. The van der Waals surface area contributed by atoms with Crippen molar-refractivity contribution in [3.8, 4) is 11.5 Å². The van der Waals surface area contributed by atoms with E-state index in [2.05, 4.69) is 0 Å². The fraction of sp³-hybridized carbons (Fsp3) is 0.350. The van der Waals surface area contributed by atoms with Crippen LogP contribution in [0.15, 0.2) is 48.5 Å². The Hall–Kier alpha value is -2.69. The Balaban J connectivity index is 1.68. The van der Waals surface area contributed by atoms with Gasteiger partial charge in [0.2, 0.25) is 6.29 Å². The van der Waals surface area contributed by atoms with Crippen LogP contribution >= 0.6 is 0 Å². The summed E-state index contributed by atoms with van der Waals surface area (Å²) in [6.45, 7) is -0.703. The maximum absolute atomic E-state index is 12.0. The number of hydrogen-bond donors (Lipinski definition) is 5. The fourth-order valence-electron chi connectivity index (χ4n) is 2.84. The molecule has 0 aromatic heterocycles. The Morgan fingerprint density at radius 3 is 2.41 bits per heavy atom. The number of phenols is 1.